The summed E-state index contributed by atoms with van der Waals surface area (Å²) in [6.07, 6.45) is 0.0247. The van der Waals surface area contributed by atoms with Crippen LogP contribution >= 0.6 is 11.8 Å². The molecule has 5 aromatic rings. The second-order valence-corrected chi connectivity index (χ2v) is 13.1. The molecular weight excluding hydrogens is 622 g/mol. The molecule has 6 heterocycles. The summed E-state index contributed by atoms with van der Waals surface area (Å²) in [5.74, 6) is 2.86. The first-order chi connectivity index (χ1) is 22.8. The van der Waals surface area contributed by atoms with Gasteiger partial charge < -0.3 is 33.9 Å². The van der Waals surface area contributed by atoms with E-state index in [4.69, 9.17) is 44.3 Å². The van der Waals surface area contributed by atoms with Crippen LogP contribution in [0.5, 0.6) is 11.5 Å². The molecule has 3 aliphatic rings. The number of nitriles is 1. The van der Waals surface area contributed by atoms with Gasteiger partial charge in [0.05, 0.1) is 29.7 Å². The minimum Gasteiger partial charge on any atom is -0.454 e. The smallest absolute Gasteiger partial charge is 0.231 e. The average molecular weight is 654 g/mol. The first-order valence-electron chi connectivity index (χ1n) is 15.2. The van der Waals surface area contributed by atoms with Gasteiger partial charge >= 0.3 is 0 Å². The van der Waals surface area contributed by atoms with Gasteiger partial charge in [0, 0.05) is 28.2 Å². The van der Waals surface area contributed by atoms with Gasteiger partial charge in [0.15, 0.2) is 34.9 Å². The van der Waals surface area contributed by atoms with Crippen molar-refractivity contribution in [3.8, 4) is 40.1 Å². The Bertz CT molecular complexity index is 2020. The third-order valence-electron chi connectivity index (χ3n) is 8.54. The predicted octanol–water partition coefficient (Wildman–Crippen LogP) is 5.18. The summed E-state index contributed by atoms with van der Waals surface area (Å²) in [4.78, 5) is 8.82. The number of ether oxygens (including phenoxy) is 5. The molecule has 2 N–H and O–H groups in total. The molecule has 8 rings (SSSR count). The highest BCUT2D eigenvalue weighted by Crippen LogP contribution is 2.46. The lowest BCUT2D eigenvalue weighted by atomic mass is 10.1. The van der Waals surface area contributed by atoms with Crippen LogP contribution in [0.1, 0.15) is 36.9 Å². The molecule has 2 saturated heterocycles. The molecule has 0 spiro atoms. The predicted molar refractivity (Wildman–Crippen MR) is 171 cm³/mol. The lowest BCUT2D eigenvalue weighted by Crippen LogP contribution is -2.31. The fourth-order valence-corrected chi connectivity index (χ4v) is 7.50. The van der Waals surface area contributed by atoms with Crippen LogP contribution in [-0.4, -0.2) is 61.5 Å². The third-order valence-corrected chi connectivity index (χ3v) is 9.60. The van der Waals surface area contributed by atoms with Gasteiger partial charge in [-0.3, -0.25) is 0 Å². The van der Waals surface area contributed by atoms with Crippen molar-refractivity contribution >= 4 is 28.6 Å². The van der Waals surface area contributed by atoms with E-state index in [1.807, 2.05) is 63.2 Å². The number of rotatable bonds is 8. The molecule has 47 heavy (non-hydrogen) atoms. The molecule has 2 aromatic carbocycles. The number of aryl methyl sites for hydroxylation is 1. The van der Waals surface area contributed by atoms with Crippen LogP contribution in [0.2, 0.25) is 0 Å². The Balaban J connectivity index is 1.06. The zero-order valence-electron chi connectivity index (χ0n) is 25.9. The monoisotopic (exact) mass is 653 g/mol. The van der Waals surface area contributed by atoms with E-state index in [1.54, 1.807) is 16.4 Å². The molecule has 3 aromatic heterocycles. The van der Waals surface area contributed by atoms with Crippen molar-refractivity contribution < 1.29 is 28.2 Å². The summed E-state index contributed by atoms with van der Waals surface area (Å²) in [6.45, 7) is 5.95. The van der Waals surface area contributed by atoms with E-state index in [1.165, 1.54) is 6.33 Å². The maximum atomic E-state index is 9.09. The van der Waals surface area contributed by atoms with E-state index in [2.05, 4.69) is 21.2 Å². The second-order valence-electron chi connectivity index (χ2n) is 12.1. The lowest BCUT2D eigenvalue weighted by molar-refractivity contribution is -0.195. The van der Waals surface area contributed by atoms with Crippen molar-refractivity contribution in [3.05, 3.63) is 65.6 Å². The average Bonchev–Trinajstić information content (AvgIpc) is 3.87. The molecular formula is C33H31N7O6S. The van der Waals surface area contributed by atoms with Crippen LogP contribution in [-0.2, 0) is 26.4 Å². The van der Waals surface area contributed by atoms with E-state index in [0.717, 1.165) is 27.9 Å². The van der Waals surface area contributed by atoms with Crippen LogP contribution in [0, 0.1) is 18.3 Å². The molecule has 3 aliphatic heterocycles. The van der Waals surface area contributed by atoms with E-state index in [-0.39, 0.29) is 19.0 Å². The zero-order valence-corrected chi connectivity index (χ0v) is 26.7. The van der Waals surface area contributed by atoms with Gasteiger partial charge in [0.2, 0.25) is 6.79 Å². The van der Waals surface area contributed by atoms with Crippen LogP contribution in [0.15, 0.2) is 53.3 Å². The number of hydrogen-bond acceptors (Lipinski definition) is 13. The largest absolute Gasteiger partial charge is 0.454 e. The number of anilines is 1. The molecule has 0 saturated carbocycles. The van der Waals surface area contributed by atoms with E-state index >= 15 is 0 Å². The number of thioether (sulfide) groups is 1. The first-order valence-corrected chi connectivity index (χ1v) is 16.3. The Hall–Kier alpha value is -4.68. The van der Waals surface area contributed by atoms with Crippen LogP contribution in [0.4, 0.5) is 5.82 Å². The summed E-state index contributed by atoms with van der Waals surface area (Å²) in [5, 5.41) is 19.0. The number of nitrogens with two attached hydrogens (primary N) is 1. The molecule has 0 radical (unpaired) electrons. The Morgan fingerprint density at radius 1 is 1.04 bits per heavy atom. The van der Waals surface area contributed by atoms with Crippen LogP contribution < -0.4 is 15.2 Å². The van der Waals surface area contributed by atoms with Crippen molar-refractivity contribution in [2.24, 2.45) is 0 Å². The van der Waals surface area contributed by atoms with Gasteiger partial charge in [-0.15, -0.1) is 0 Å². The van der Waals surface area contributed by atoms with Crippen LogP contribution in [0.3, 0.4) is 0 Å². The molecule has 4 atom stereocenters. The summed E-state index contributed by atoms with van der Waals surface area (Å²) >= 11 is 1.70. The van der Waals surface area contributed by atoms with Crippen molar-refractivity contribution in [2.45, 2.75) is 63.3 Å². The normalized spacial score (nSPS) is 22.5. The van der Waals surface area contributed by atoms with Crippen molar-refractivity contribution in [3.63, 3.8) is 0 Å². The third kappa shape index (κ3) is 5.25. The topological polar surface area (TPSA) is 166 Å². The van der Waals surface area contributed by atoms with Crippen molar-refractivity contribution in [2.75, 3.05) is 18.3 Å². The Kier molecular flexibility index (Phi) is 7.29. The molecule has 2 fully saturated rings. The van der Waals surface area contributed by atoms with E-state index in [9.17, 15) is 0 Å². The number of nitrogen functional groups attached to an aromatic ring is 1. The molecule has 0 bridgehead atoms. The quantitative estimate of drug-likeness (QED) is 0.233. The highest BCUT2D eigenvalue weighted by Gasteiger charge is 2.56. The van der Waals surface area contributed by atoms with E-state index in [0.29, 0.717) is 57.7 Å². The maximum Gasteiger partial charge on any atom is 0.231 e. The Labute approximate surface area is 273 Å². The minimum atomic E-state index is -0.811. The molecule has 240 valence electrons. The summed E-state index contributed by atoms with van der Waals surface area (Å²) < 4.78 is 38.1. The Morgan fingerprint density at radius 3 is 2.66 bits per heavy atom. The number of hydrogen-bond donors (Lipinski definition) is 1. The van der Waals surface area contributed by atoms with Crippen molar-refractivity contribution in [1.29, 1.82) is 5.26 Å². The standard InChI is InChI=1S/C33H31N7O6S/c1-17-21(27(46-39-17)20-8-9-22-23(12-20)42-16-41-22)13-47-14-24-28-29(45-33(2,3)44-28)32(43-24)40-31-25(30(35)36-15-37-31)26(38-40)19-6-4-18(5-7-19)10-11-34/h4-9,12,15,24,28-29,32H,10,13-14,16H2,1-3H3,(H2,35,36,37)/t24-,28-,29-,32-/m1/s1. The van der Waals surface area contributed by atoms with Crippen LogP contribution in [0.25, 0.3) is 33.6 Å². The van der Waals surface area contributed by atoms with Gasteiger partial charge in [0.1, 0.15) is 30.0 Å². The van der Waals surface area contributed by atoms with Gasteiger partial charge in [-0.1, -0.05) is 29.4 Å². The molecule has 0 amide bonds. The van der Waals surface area contributed by atoms with E-state index < -0.39 is 18.1 Å². The van der Waals surface area contributed by atoms with Gasteiger partial charge in [0.25, 0.3) is 0 Å². The van der Waals surface area contributed by atoms with Gasteiger partial charge in [-0.05, 0) is 44.5 Å². The number of nitrogens with zero attached hydrogens (tertiary/aromatic N) is 6. The molecule has 0 aliphatic carbocycles. The minimum absolute atomic E-state index is 0.205. The SMILES string of the molecule is Cc1noc(-c2ccc3c(c2)OCO3)c1CSC[C@H]1O[C@@H](n2nc(-c3ccc(CC#N)cc3)c3c(N)ncnc32)[C@@H]2OC(C)(C)O[C@@H]21. The first kappa shape index (κ1) is 29.7. The second kappa shape index (κ2) is 11.5. The highest BCUT2D eigenvalue weighted by atomic mass is 32.2. The van der Waals surface area contributed by atoms with Gasteiger partial charge in [-0.25, -0.2) is 14.6 Å². The molecule has 14 heteroatoms. The fourth-order valence-electron chi connectivity index (χ4n) is 6.34. The number of aromatic nitrogens is 5. The highest BCUT2D eigenvalue weighted by molar-refractivity contribution is 7.98. The maximum absolute atomic E-state index is 9.09. The summed E-state index contributed by atoms with van der Waals surface area (Å²) in [6, 6.07) is 15.6. The summed E-state index contributed by atoms with van der Waals surface area (Å²) in [5.41, 5.74) is 12.0. The number of fused-ring (bicyclic) bond motifs is 3. The molecule has 0 unspecified atom stereocenters. The fraction of sp³-hybridized carbons (Fsp3) is 0.364. The molecule has 13 nitrogen and oxygen atoms in total. The summed E-state index contributed by atoms with van der Waals surface area (Å²) in [7, 11) is 0. The van der Waals surface area contributed by atoms with Gasteiger partial charge in [-0.2, -0.15) is 22.1 Å². The lowest BCUT2D eigenvalue weighted by Gasteiger charge is -2.24. The van der Waals surface area contributed by atoms with Crippen molar-refractivity contribution in [1.82, 2.24) is 24.9 Å². The Morgan fingerprint density at radius 2 is 1.83 bits per heavy atom. The number of benzene rings is 2. The zero-order chi connectivity index (χ0) is 32.3.